The number of allylic oxidation sites excluding steroid dienone is 1. The number of ether oxygens (including phenoxy) is 6. The molecular formula is C63H97N3O11. The normalized spacial score (nSPS) is 21.4. The van der Waals surface area contributed by atoms with Crippen LogP contribution in [-0.4, -0.2) is 91.2 Å². The summed E-state index contributed by atoms with van der Waals surface area (Å²) in [6.07, 6.45) is 31.4. The van der Waals surface area contributed by atoms with Crippen LogP contribution in [0, 0.1) is 17.8 Å². The van der Waals surface area contributed by atoms with Gasteiger partial charge in [0.25, 0.3) is 0 Å². The van der Waals surface area contributed by atoms with Gasteiger partial charge in [-0.2, -0.15) is 0 Å². The van der Waals surface area contributed by atoms with E-state index in [9.17, 15) is 15.0 Å². The van der Waals surface area contributed by atoms with E-state index in [1.54, 1.807) is 17.0 Å². The monoisotopic (exact) mass is 1070 g/mol. The molecule has 4 aliphatic rings. The van der Waals surface area contributed by atoms with Crippen LogP contribution in [0.1, 0.15) is 211 Å². The molecule has 2 heterocycles. The van der Waals surface area contributed by atoms with E-state index in [-0.39, 0.29) is 63.9 Å². The number of hydrogen-bond donors (Lipinski definition) is 3. The average Bonchev–Trinajstić information content (AvgIpc) is 3.96. The van der Waals surface area contributed by atoms with Crippen LogP contribution in [0.25, 0.3) is 0 Å². The molecular weight excluding hydrogens is 975 g/mol. The maximum atomic E-state index is 15.2. The van der Waals surface area contributed by atoms with Crippen molar-refractivity contribution in [1.82, 2.24) is 10.2 Å². The van der Waals surface area contributed by atoms with E-state index < -0.39 is 29.9 Å². The number of benzene rings is 2. The summed E-state index contributed by atoms with van der Waals surface area (Å²) < 4.78 is 38.6. The summed E-state index contributed by atoms with van der Waals surface area (Å²) in [5.74, 6) is -0.131. The van der Waals surface area contributed by atoms with E-state index in [4.69, 9.17) is 38.4 Å². The Bertz CT molecular complexity index is 2130. The number of aliphatic hydroxyl groups is 2. The molecule has 0 unspecified atom stereocenters. The van der Waals surface area contributed by atoms with Crippen molar-refractivity contribution in [3.63, 3.8) is 0 Å². The zero-order valence-electron chi connectivity index (χ0n) is 47.4. The molecule has 2 amide bonds. The summed E-state index contributed by atoms with van der Waals surface area (Å²) in [5.41, 5.74) is 3.28. The third-order valence-electron chi connectivity index (χ3n) is 16.1. The standard InChI is InChI=1S/C63H97N3O11/c1-5-9-11-13-15-17-19-21-23-27-37-64-61(69)76-50-34-36-55-53(44-50)59-51(32-26-29-39-68)49(31-25-28-38-67)43-52-54(65-75-8-4)45-58(63(77-55,60(52)59)74-40-7-3)66(46-48-33-35-56-57(42-48)73-47-72-56)62(70)71-41-30-24-22-20-18-16-14-12-10-6-2/h7,33-36,42-44,49,51,58-60,67-68H,3,5-6,8-32,37-41,45-47H2,1-2,4H3,(H,64,69)/t49-,51+,58-,59+,60+,63+/m0/s1. The molecule has 2 aliphatic carbocycles. The van der Waals surface area contributed by atoms with Gasteiger partial charge in [0.2, 0.25) is 12.6 Å². The highest BCUT2D eigenvalue weighted by atomic mass is 16.7. The Balaban J connectivity index is 1.35. The minimum atomic E-state index is -1.50. The summed E-state index contributed by atoms with van der Waals surface area (Å²) in [5, 5.41) is 28.0. The van der Waals surface area contributed by atoms with Crippen LogP contribution >= 0.6 is 0 Å². The molecule has 0 aromatic heterocycles. The first-order chi connectivity index (χ1) is 37.8. The first-order valence-electron chi connectivity index (χ1n) is 30.3. The quantitative estimate of drug-likeness (QED) is 0.0331. The van der Waals surface area contributed by atoms with E-state index >= 15 is 4.79 Å². The number of unbranched alkanes of at least 4 members (excludes halogenated alkanes) is 20. The van der Waals surface area contributed by atoms with Gasteiger partial charge in [-0.3, -0.25) is 4.90 Å². The van der Waals surface area contributed by atoms with Crippen molar-refractivity contribution in [1.29, 1.82) is 0 Å². The molecule has 0 saturated heterocycles. The lowest BCUT2D eigenvalue weighted by Crippen LogP contribution is -2.70. The molecule has 14 heteroatoms. The number of aliphatic hydroxyl groups excluding tert-OH is 2. The number of amides is 2. The fourth-order valence-corrected chi connectivity index (χ4v) is 12.2. The summed E-state index contributed by atoms with van der Waals surface area (Å²) in [4.78, 5) is 36.4. The minimum Gasteiger partial charge on any atom is -0.459 e. The molecule has 0 radical (unpaired) electrons. The average molecular weight is 1070 g/mol. The smallest absolute Gasteiger partial charge is 0.412 e. The summed E-state index contributed by atoms with van der Waals surface area (Å²) in [7, 11) is 0. The van der Waals surface area contributed by atoms with Crippen LogP contribution in [0.15, 0.2) is 65.9 Å². The van der Waals surface area contributed by atoms with Gasteiger partial charge in [-0.1, -0.05) is 166 Å². The summed E-state index contributed by atoms with van der Waals surface area (Å²) >= 11 is 0. The number of hydrogen-bond acceptors (Lipinski definition) is 12. The van der Waals surface area contributed by atoms with Crippen molar-refractivity contribution >= 4 is 17.9 Å². The van der Waals surface area contributed by atoms with E-state index in [1.807, 2.05) is 37.3 Å². The van der Waals surface area contributed by atoms with E-state index in [0.717, 1.165) is 80.9 Å². The number of oxime groups is 1. The van der Waals surface area contributed by atoms with E-state index in [0.29, 0.717) is 54.7 Å². The number of fused-ring (bicyclic) bond motifs is 3. The number of carbonyl (C=O) groups excluding carboxylic acids is 2. The Morgan fingerprint density at radius 3 is 2.06 bits per heavy atom. The Kier molecular flexibility index (Phi) is 27.3. The van der Waals surface area contributed by atoms with Gasteiger partial charge < -0.3 is 48.8 Å². The van der Waals surface area contributed by atoms with Crippen molar-refractivity contribution in [3.05, 3.63) is 71.8 Å². The Morgan fingerprint density at radius 2 is 1.40 bits per heavy atom. The number of nitrogens with one attached hydrogen (secondary N) is 1. The van der Waals surface area contributed by atoms with Crippen LogP contribution in [0.5, 0.6) is 23.0 Å². The second kappa shape index (κ2) is 34.3. The topological polar surface area (TPSA) is 167 Å². The zero-order chi connectivity index (χ0) is 54.5. The number of rotatable bonds is 39. The summed E-state index contributed by atoms with van der Waals surface area (Å²) in [6, 6.07) is 10.5. The molecule has 2 aliphatic heterocycles. The maximum absolute atomic E-state index is 15.2. The van der Waals surface area contributed by atoms with Gasteiger partial charge in [-0.15, -0.1) is 6.58 Å². The summed E-state index contributed by atoms with van der Waals surface area (Å²) in [6.45, 7) is 12.1. The fraction of sp³-hybridized carbons (Fsp3) is 0.698. The highest BCUT2D eigenvalue weighted by molar-refractivity contribution is 6.03. The van der Waals surface area contributed by atoms with Crippen molar-refractivity contribution < 1.29 is 53.1 Å². The lowest BCUT2D eigenvalue weighted by atomic mass is 9.55. The Morgan fingerprint density at radius 1 is 0.766 bits per heavy atom. The number of carbonyl (C=O) groups is 2. The van der Waals surface area contributed by atoms with Crippen LogP contribution in [-0.2, 0) is 20.9 Å². The molecule has 0 spiro atoms. The highest BCUT2D eigenvalue weighted by Crippen LogP contribution is 2.62. The maximum Gasteiger partial charge on any atom is 0.412 e. The largest absolute Gasteiger partial charge is 0.459 e. The molecule has 0 bridgehead atoms. The van der Waals surface area contributed by atoms with Crippen molar-refractivity contribution in [2.75, 3.05) is 46.4 Å². The van der Waals surface area contributed by atoms with Crippen molar-refractivity contribution in [2.45, 2.75) is 218 Å². The van der Waals surface area contributed by atoms with Gasteiger partial charge in [0, 0.05) is 44.2 Å². The van der Waals surface area contributed by atoms with Crippen molar-refractivity contribution in [2.24, 2.45) is 22.9 Å². The van der Waals surface area contributed by atoms with Crippen LogP contribution in [0.3, 0.4) is 0 Å². The van der Waals surface area contributed by atoms with E-state index in [1.165, 1.54) is 89.9 Å². The van der Waals surface area contributed by atoms with Gasteiger partial charge in [0.05, 0.1) is 24.8 Å². The van der Waals surface area contributed by atoms with Gasteiger partial charge in [0.15, 0.2) is 11.5 Å². The first kappa shape index (κ1) is 61.4. The molecule has 1 saturated carbocycles. The molecule has 430 valence electrons. The van der Waals surface area contributed by atoms with E-state index in [2.05, 4.69) is 31.8 Å². The second-order valence-corrected chi connectivity index (χ2v) is 21.8. The third kappa shape index (κ3) is 18.1. The Labute approximate surface area is 462 Å². The third-order valence-corrected chi connectivity index (χ3v) is 16.1. The van der Waals surface area contributed by atoms with Gasteiger partial charge >= 0.3 is 12.2 Å². The molecule has 2 aromatic rings. The molecule has 3 N–H and O–H groups in total. The number of nitrogens with zero attached hydrogens (tertiary/aromatic N) is 2. The van der Waals surface area contributed by atoms with Crippen LogP contribution < -0.4 is 24.3 Å². The van der Waals surface area contributed by atoms with Crippen LogP contribution in [0.4, 0.5) is 9.59 Å². The van der Waals surface area contributed by atoms with Crippen molar-refractivity contribution in [3.8, 4) is 23.0 Å². The van der Waals surface area contributed by atoms with Crippen LogP contribution in [0.2, 0.25) is 0 Å². The Hall–Kier alpha value is -4.79. The molecule has 14 nitrogen and oxygen atoms in total. The fourth-order valence-electron chi connectivity index (χ4n) is 12.2. The lowest BCUT2D eigenvalue weighted by Gasteiger charge is -2.59. The molecule has 6 rings (SSSR count). The van der Waals surface area contributed by atoms with Gasteiger partial charge in [0.1, 0.15) is 24.1 Å². The first-order valence-corrected chi connectivity index (χ1v) is 30.3. The molecule has 1 fully saturated rings. The zero-order valence-corrected chi connectivity index (χ0v) is 47.4. The highest BCUT2D eigenvalue weighted by Gasteiger charge is 2.66. The predicted molar refractivity (Wildman–Crippen MR) is 304 cm³/mol. The van der Waals surface area contributed by atoms with Gasteiger partial charge in [-0.25, -0.2) is 9.59 Å². The SMILES string of the molecule is C=CCO[C@@]12Oc3ccc(OC(=O)NCCCCCCCCCCCC)cc3[C@H]3[C@H](CCCCO)[C@@H](CCCCO)C=C(C(=NOCC)C[C@@H]1N(Cc1ccc4c(c1)OCO4)C(=O)OCCCCCCCCCCCC)[C@H]32. The van der Waals surface area contributed by atoms with Gasteiger partial charge in [-0.05, 0) is 98.8 Å². The molecule has 77 heavy (non-hydrogen) atoms. The predicted octanol–water partition coefficient (Wildman–Crippen LogP) is 14.6. The second-order valence-electron chi connectivity index (χ2n) is 21.8. The molecule has 2 aromatic carbocycles. The minimum absolute atomic E-state index is 0.0125. The lowest BCUT2D eigenvalue weighted by molar-refractivity contribution is -0.256. The molecule has 6 atom stereocenters.